The van der Waals surface area contributed by atoms with Crippen LogP contribution in [-0.2, 0) is 0 Å². The quantitative estimate of drug-likeness (QED) is 0.341. The molecule has 0 rings (SSSR count). The van der Waals surface area contributed by atoms with Crippen LogP contribution in [-0.4, -0.2) is 6.71 Å². The molecular formula is C18H39B. The second-order valence-corrected chi connectivity index (χ2v) is 7.25. The third-order valence-corrected chi connectivity index (χ3v) is 4.55. The highest BCUT2D eigenvalue weighted by atomic mass is 14.1. The molecule has 0 N–H and O–H groups in total. The van der Waals surface area contributed by atoms with Gasteiger partial charge in [0.2, 0.25) is 0 Å². The molecule has 0 aromatic heterocycles. The summed E-state index contributed by atoms with van der Waals surface area (Å²) in [5.41, 5.74) is 0. The van der Waals surface area contributed by atoms with Gasteiger partial charge in [-0.15, -0.1) is 0 Å². The van der Waals surface area contributed by atoms with E-state index in [4.69, 9.17) is 0 Å². The summed E-state index contributed by atoms with van der Waals surface area (Å²) in [5.74, 6) is 2.79. The maximum absolute atomic E-state index is 2.46. The van der Waals surface area contributed by atoms with Crippen LogP contribution < -0.4 is 0 Å². The molecule has 0 aliphatic rings. The Balaban J connectivity index is 4.28. The third-order valence-electron chi connectivity index (χ3n) is 4.55. The SMILES string of the molecule is CCCC(C)CB(CC(C)CCC)CC(C)CCC. The Morgan fingerprint density at radius 2 is 0.842 bits per heavy atom. The first-order valence-corrected chi connectivity index (χ1v) is 9.03. The lowest BCUT2D eigenvalue weighted by atomic mass is 9.37. The van der Waals surface area contributed by atoms with Crippen LogP contribution in [0.2, 0.25) is 19.0 Å². The van der Waals surface area contributed by atoms with Crippen molar-refractivity contribution in [1.29, 1.82) is 0 Å². The van der Waals surface area contributed by atoms with Crippen molar-refractivity contribution in [3.05, 3.63) is 0 Å². The lowest BCUT2D eigenvalue weighted by molar-refractivity contribution is 0.528. The van der Waals surface area contributed by atoms with Crippen LogP contribution in [0.1, 0.15) is 80.1 Å². The van der Waals surface area contributed by atoms with Gasteiger partial charge in [0.05, 0.1) is 0 Å². The standard InChI is InChI=1S/C18H39B/c1-7-10-16(4)13-19(14-17(5)11-8-2)15-18(6)12-9-3/h16-18H,7-15H2,1-6H3. The summed E-state index contributed by atoms with van der Waals surface area (Å²) in [6.07, 6.45) is 12.7. The molecule has 0 amide bonds. The van der Waals surface area contributed by atoms with Gasteiger partial charge in [0, 0.05) is 0 Å². The normalized spacial score (nSPS) is 16.1. The number of hydrogen-bond donors (Lipinski definition) is 0. The van der Waals surface area contributed by atoms with Crippen molar-refractivity contribution in [3.63, 3.8) is 0 Å². The molecule has 3 unspecified atom stereocenters. The van der Waals surface area contributed by atoms with Crippen molar-refractivity contribution < 1.29 is 0 Å². The van der Waals surface area contributed by atoms with Crippen LogP contribution in [0.4, 0.5) is 0 Å². The maximum atomic E-state index is 2.46. The van der Waals surface area contributed by atoms with Crippen molar-refractivity contribution >= 4 is 6.71 Å². The topological polar surface area (TPSA) is 0 Å². The van der Waals surface area contributed by atoms with Gasteiger partial charge >= 0.3 is 0 Å². The summed E-state index contributed by atoms with van der Waals surface area (Å²) < 4.78 is 0. The minimum Gasteiger partial charge on any atom is -0.0715 e. The van der Waals surface area contributed by atoms with Gasteiger partial charge in [-0.05, 0) is 0 Å². The van der Waals surface area contributed by atoms with Gasteiger partial charge in [-0.25, -0.2) is 0 Å². The molecule has 0 aromatic rings. The molecule has 0 heterocycles. The van der Waals surface area contributed by atoms with E-state index >= 15 is 0 Å². The van der Waals surface area contributed by atoms with E-state index in [1.807, 2.05) is 0 Å². The maximum Gasteiger partial charge on any atom is 0.140 e. The van der Waals surface area contributed by atoms with Crippen LogP contribution in [0, 0.1) is 17.8 Å². The minimum atomic E-state index is 0.928. The van der Waals surface area contributed by atoms with E-state index in [-0.39, 0.29) is 0 Å². The average molecular weight is 266 g/mol. The van der Waals surface area contributed by atoms with Gasteiger partial charge < -0.3 is 0 Å². The molecule has 1 heteroatoms. The van der Waals surface area contributed by atoms with Crippen molar-refractivity contribution in [1.82, 2.24) is 0 Å². The molecule has 0 saturated heterocycles. The Bertz CT molecular complexity index is 157. The first-order chi connectivity index (χ1) is 9.03. The molecule has 0 aliphatic carbocycles. The fourth-order valence-electron chi connectivity index (χ4n) is 3.83. The Kier molecular flexibility index (Phi) is 11.9. The summed E-state index contributed by atoms with van der Waals surface area (Å²) in [6, 6.07) is 0. The summed E-state index contributed by atoms with van der Waals surface area (Å²) >= 11 is 0. The van der Waals surface area contributed by atoms with Gasteiger partial charge in [0.25, 0.3) is 0 Å². The van der Waals surface area contributed by atoms with E-state index in [0.717, 1.165) is 24.5 Å². The van der Waals surface area contributed by atoms with Crippen molar-refractivity contribution in [3.8, 4) is 0 Å². The molecule has 0 aliphatic heterocycles. The molecule has 0 fully saturated rings. The molecule has 0 bridgehead atoms. The molecule has 0 radical (unpaired) electrons. The summed E-state index contributed by atoms with van der Waals surface area (Å²) in [5, 5.41) is 0. The van der Waals surface area contributed by atoms with Crippen molar-refractivity contribution in [2.24, 2.45) is 17.8 Å². The van der Waals surface area contributed by atoms with Gasteiger partial charge in [0.15, 0.2) is 0 Å². The highest BCUT2D eigenvalue weighted by molar-refractivity contribution is 6.59. The Morgan fingerprint density at radius 3 is 1.05 bits per heavy atom. The van der Waals surface area contributed by atoms with E-state index in [1.165, 1.54) is 57.5 Å². The summed E-state index contributed by atoms with van der Waals surface area (Å²) in [7, 11) is 0. The molecular weight excluding hydrogens is 227 g/mol. The van der Waals surface area contributed by atoms with Gasteiger partial charge in [-0.1, -0.05) is 117 Å². The average Bonchev–Trinajstić information content (AvgIpc) is 2.29. The van der Waals surface area contributed by atoms with E-state index in [9.17, 15) is 0 Å². The largest absolute Gasteiger partial charge is 0.140 e. The van der Waals surface area contributed by atoms with Crippen LogP contribution in [0.15, 0.2) is 0 Å². The van der Waals surface area contributed by atoms with Gasteiger partial charge in [-0.2, -0.15) is 0 Å². The molecule has 0 spiro atoms. The predicted octanol–water partition coefficient (Wildman–Crippen LogP) is 6.79. The zero-order valence-electron chi connectivity index (χ0n) is 14.7. The molecule has 0 nitrogen and oxygen atoms in total. The smallest absolute Gasteiger partial charge is 0.0715 e. The predicted molar refractivity (Wildman–Crippen MR) is 92.4 cm³/mol. The number of hydrogen-bond acceptors (Lipinski definition) is 0. The van der Waals surface area contributed by atoms with Crippen molar-refractivity contribution in [2.75, 3.05) is 0 Å². The highest BCUT2D eigenvalue weighted by Gasteiger charge is 2.21. The zero-order valence-corrected chi connectivity index (χ0v) is 14.7. The lowest BCUT2D eigenvalue weighted by Crippen LogP contribution is -2.22. The molecule has 114 valence electrons. The number of rotatable bonds is 12. The monoisotopic (exact) mass is 266 g/mol. The first kappa shape index (κ1) is 19.1. The minimum absolute atomic E-state index is 0.928. The van der Waals surface area contributed by atoms with Crippen LogP contribution >= 0.6 is 0 Å². The fraction of sp³-hybridized carbons (Fsp3) is 1.00. The van der Waals surface area contributed by atoms with E-state index in [0.29, 0.717) is 0 Å². The third kappa shape index (κ3) is 10.5. The Labute approximate surface area is 124 Å². The van der Waals surface area contributed by atoms with E-state index in [1.54, 1.807) is 0 Å². The molecule has 19 heavy (non-hydrogen) atoms. The second kappa shape index (κ2) is 11.9. The van der Waals surface area contributed by atoms with E-state index in [2.05, 4.69) is 41.5 Å². The molecule has 0 saturated carbocycles. The van der Waals surface area contributed by atoms with Crippen molar-refractivity contribution in [2.45, 2.75) is 99.0 Å². The summed E-state index contributed by atoms with van der Waals surface area (Å²) in [4.78, 5) is 0. The first-order valence-electron chi connectivity index (χ1n) is 9.03. The zero-order chi connectivity index (χ0) is 14.7. The van der Waals surface area contributed by atoms with E-state index < -0.39 is 0 Å². The second-order valence-electron chi connectivity index (χ2n) is 7.25. The Hall–Kier alpha value is 0.0649. The highest BCUT2D eigenvalue weighted by Crippen LogP contribution is 2.27. The van der Waals surface area contributed by atoms with Crippen LogP contribution in [0.5, 0.6) is 0 Å². The molecule has 0 aromatic carbocycles. The van der Waals surface area contributed by atoms with Gasteiger partial charge in [-0.3, -0.25) is 0 Å². The Morgan fingerprint density at radius 1 is 0.579 bits per heavy atom. The fourth-order valence-corrected chi connectivity index (χ4v) is 3.83. The lowest BCUT2D eigenvalue weighted by Gasteiger charge is -2.24. The van der Waals surface area contributed by atoms with Gasteiger partial charge in [0.1, 0.15) is 6.71 Å². The summed E-state index contributed by atoms with van der Waals surface area (Å²) in [6.45, 7) is 15.3. The molecule has 3 atom stereocenters. The van der Waals surface area contributed by atoms with Crippen LogP contribution in [0.25, 0.3) is 0 Å². The van der Waals surface area contributed by atoms with Crippen LogP contribution in [0.3, 0.4) is 0 Å².